The third-order valence-electron chi connectivity index (χ3n) is 2.00. The van der Waals surface area contributed by atoms with Crippen LogP contribution in [0.5, 0.6) is 5.75 Å². The molecule has 0 fully saturated rings. The van der Waals surface area contributed by atoms with E-state index in [1.165, 1.54) is 0 Å². The molecule has 0 radical (unpaired) electrons. The van der Waals surface area contributed by atoms with Crippen LogP contribution in [0.25, 0.3) is 0 Å². The molecule has 3 nitrogen and oxygen atoms in total. The zero-order chi connectivity index (χ0) is 11.3. The van der Waals surface area contributed by atoms with Crippen molar-refractivity contribution in [2.45, 2.75) is 19.4 Å². The Morgan fingerprint density at radius 1 is 1.60 bits per heavy atom. The van der Waals surface area contributed by atoms with Gasteiger partial charge in [0, 0.05) is 6.04 Å². The molecule has 1 aromatic carbocycles. The summed E-state index contributed by atoms with van der Waals surface area (Å²) in [5.74, 6) is 0.645. The molecule has 1 unspecified atom stereocenters. The minimum absolute atomic E-state index is 0.282. The van der Waals surface area contributed by atoms with Crippen LogP contribution >= 0.6 is 11.6 Å². The number of nitriles is 1. The van der Waals surface area contributed by atoms with Crippen molar-refractivity contribution in [1.29, 1.82) is 5.26 Å². The summed E-state index contributed by atoms with van der Waals surface area (Å²) in [7, 11) is 0. The Kier molecular flexibility index (Phi) is 4.41. The second kappa shape index (κ2) is 5.59. The first-order valence-electron chi connectivity index (χ1n) is 4.73. The Morgan fingerprint density at radius 3 is 2.87 bits per heavy atom. The highest BCUT2D eigenvalue weighted by Crippen LogP contribution is 2.28. The van der Waals surface area contributed by atoms with Crippen molar-refractivity contribution in [1.82, 2.24) is 0 Å². The van der Waals surface area contributed by atoms with E-state index in [9.17, 15) is 0 Å². The predicted octanol–water partition coefficient (Wildman–Crippen LogP) is 2.65. The van der Waals surface area contributed by atoms with Crippen molar-refractivity contribution in [2.24, 2.45) is 5.73 Å². The lowest BCUT2D eigenvalue weighted by atomic mass is 10.1. The van der Waals surface area contributed by atoms with E-state index in [4.69, 9.17) is 27.3 Å². The average Bonchev–Trinajstić information content (AvgIpc) is 2.21. The van der Waals surface area contributed by atoms with Crippen LogP contribution in [0.3, 0.4) is 0 Å². The van der Waals surface area contributed by atoms with E-state index in [0.717, 1.165) is 5.56 Å². The maximum absolute atomic E-state index is 8.52. The molecule has 0 heterocycles. The first-order chi connectivity index (χ1) is 7.19. The summed E-state index contributed by atoms with van der Waals surface area (Å²) in [5, 5.41) is 9.05. The third-order valence-corrected chi connectivity index (χ3v) is 2.29. The molecule has 0 aromatic heterocycles. The quantitative estimate of drug-likeness (QED) is 0.856. The minimum Gasteiger partial charge on any atom is -0.492 e. The topological polar surface area (TPSA) is 59.0 Å². The number of nitrogens with zero attached hydrogens (tertiary/aromatic N) is 1. The van der Waals surface area contributed by atoms with Gasteiger partial charge >= 0.3 is 0 Å². The van der Waals surface area contributed by atoms with Gasteiger partial charge in [-0.1, -0.05) is 17.7 Å². The van der Waals surface area contributed by atoms with E-state index in [0.29, 0.717) is 17.4 Å². The van der Waals surface area contributed by atoms with E-state index in [1.54, 1.807) is 12.1 Å². The number of hydrogen-bond donors (Lipinski definition) is 1. The lowest BCUT2D eigenvalue weighted by molar-refractivity contribution is 0.340. The molecule has 0 aliphatic carbocycles. The zero-order valence-electron chi connectivity index (χ0n) is 8.53. The number of halogens is 1. The molecule has 1 aromatic rings. The second-order valence-electron chi connectivity index (χ2n) is 3.09. The Balaban J connectivity index is 2.86. The Hall–Kier alpha value is -1.24. The van der Waals surface area contributed by atoms with Crippen molar-refractivity contribution < 1.29 is 4.74 Å². The summed E-state index contributed by atoms with van der Waals surface area (Å²) in [6.45, 7) is 2.47. The molecule has 0 bridgehead atoms. The Labute approximate surface area is 94.4 Å². The van der Waals surface area contributed by atoms with E-state index in [2.05, 4.69) is 0 Å². The van der Waals surface area contributed by atoms with Gasteiger partial charge in [0.05, 0.1) is 24.1 Å². The van der Waals surface area contributed by atoms with E-state index in [-0.39, 0.29) is 12.5 Å². The lowest BCUT2D eigenvalue weighted by Gasteiger charge is -2.11. The fraction of sp³-hybridized carbons (Fsp3) is 0.364. The minimum atomic E-state index is -0.289. The van der Waals surface area contributed by atoms with Crippen molar-refractivity contribution in [2.75, 3.05) is 6.61 Å². The number of ether oxygens (including phenoxy) is 1. The van der Waals surface area contributed by atoms with Gasteiger partial charge in [0.1, 0.15) is 5.75 Å². The molecule has 0 aliphatic rings. The van der Waals surface area contributed by atoms with Gasteiger partial charge in [-0.25, -0.2) is 0 Å². The average molecular weight is 225 g/mol. The highest BCUT2D eigenvalue weighted by atomic mass is 35.5. The molecule has 15 heavy (non-hydrogen) atoms. The molecule has 80 valence electrons. The van der Waals surface area contributed by atoms with Gasteiger partial charge in [-0.3, -0.25) is 0 Å². The van der Waals surface area contributed by atoms with Crippen LogP contribution in [0.2, 0.25) is 5.02 Å². The van der Waals surface area contributed by atoms with Crippen LogP contribution in [0.1, 0.15) is 24.9 Å². The Bertz CT molecular complexity index is 373. The normalized spacial score (nSPS) is 11.9. The highest BCUT2D eigenvalue weighted by Gasteiger charge is 2.08. The van der Waals surface area contributed by atoms with E-state index >= 15 is 0 Å². The molecule has 0 saturated carbocycles. The maximum Gasteiger partial charge on any atom is 0.137 e. The second-order valence-corrected chi connectivity index (χ2v) is 3.50. The number of hydrogen-bond acceptors (Lipinski definition) is 3. The predicted molar refractivity (Wildman–Crippen MR) is 59.8 cm³/mol. The Morgan fingerprint density at radius 2 is 2.33 bits per heavy atom. The molecule has 0 spiro atoms. The van der Waals surface area contributed by atoms with Gasteiger partial charge in [0.15, 0.2) is 0 Å². The van der Waals surface area contributed by atoms with Gasteiger partial charge < -0.3 is 10.5 Å². The van der Waals surface area contributed by atoms with E-state index in [1.807, 2.05) is 19.1 Å². The molecule has 1 atom stereocenters. The van der Waals surface area contributed by atoms with Crippen LogP contribution < -0.4 is 10.5 Å². The van der Waals surface area contributed by atoms with E-state index < -0.39 is 0 Å². The molecule has 0 aliphatic heterocycles. The summed E-state index contributed by atoms with van der Waals surface area (Å²) < 4.78 is 5.29. The van der Waals surface area contributed by atoms with Crippen LogP contribution in [0, 0.1) is 11.3 Å². The number of rotatable bonds is 4. The molecular formula is C11H13ClN2O. The summed E-state index contributed by atoms with van der Waals surface area (Å²) >= 11 is 5.99. The van der Waals surface area contributed by atoms with Crippen molar-refractivity contribution >= 4 is 11.6 Å². The van der Waals surface area contributed by atoms with Crippen molar-refractivity contribution in [3.63, 3.8) is 0 Å². The first-order valence-corrected chi connectivity index (χ1v) is 5.11. The summed E-state index contributed by atoms with van der Waals surface area (Å²) in [6, 6.07) is 7.09. The zero-order valence-corrected chi connectivity index (χ0v) is 9.29. The van der Waals surface area contributed by atoms with Gasteiger partial charge in [-0.05, 0) is 24.6 Å². The molecule has 2 N–H and O–H groups in total. The monoisotopic (exact) mass is 224 g/mol. The fourth-order valence-electron chi connectivity index (χ4n) is 1.24. The van der Waals surface area contributed by atoms with Crippen molar-refractivity contribution in [3.8, 4) is 11.8 Å². The summed E-state index contributed by atoms with van der Waals surface area (Å²) in [4.78, 5) is 0. The fourth-order valence-corrected chi connectivity index (χ4v) is 1.48. The standard InChI is InChI=1S/C11H13ClN2O/c1-2-15-11-4-3-8(7-9(11)12)10(14)5-6-13/h3-4,7,10H,2,5,14H2,1H3. The molecule has 0 saturated heterocycles. The largest absolute Gasteiger partial charge is 0.492 e. The highest BCUT2D eigenvalue weighted by molar-refractivity contribution is 6.32. The van der Waals surface area contributed by atoms with Gasteiger partial charge in [0.25, 0.3) is 0 Å². The van der Waals surface area contributed by atoms with Gasteiger partial charge in [0.2, 0.25) is 0 Å². The van der Waals surface area contributed by atoms with Gasteiger partial charge in [-0.15, -0.1) is 0 Å². The van der Waals surface area contributed by atoms with Crippen LogP contribution in [-0.4, -0.2) is 6.61 Å². The summed E-state index contributed by atoms with van der Waals surface area (Å²) in [6.07, 6.45) is 0.282. The van der Waals surface area contributed by atoms with Gasteiger partial charge in [-0.2, -0.15) is 5.26 Å². The summed E-state index contributed by atoms with van der Waals surface area (Å²) in [5.41, 5.74) is 6.63. The maximum atomic E-state index is 8.52. The number of benzene rings is 1. The lowest BCUT2D eigenvalue weighted by Crippen LogP contribution is -2.09. The van der Waals surface area contributed by atoms with Crippen LogP contribution in [0.4, 0.5) is 0 Å². The molecular weight excluding hydrogens is 212 g/mol. The molecule has 0 amide bonds. The number of nitrogens with two attached hydrogens (primary N) is 1. The first kappa shape index (κ1) is 11.8. The van der Waals surface area contributed by atoms with Crippen LogP contribution in [-0.2, 0) is 0 Å². The third kappa shape index (κ3) is 3.12. The molecule has 4 heteroatoms. The van der Waals surface area contributed by atoms with Crippen molar-refractivity contribution in [3.05, 3.63) is 28.8 Å². The SMILES string of the molecule is CCOc1ccc(C(N)CC#N)cc1Cl. The molecule has 1 rings (SSSR count). The van der Waals surface area contributed by atoms with Crippen LogP contribution in [0.15, 0.2) is 18.2 Å². The smallest absolute Gasteiger partial charge is 0.137 e.